The maximum Gasteiger partial charge on any atom is 0.319 e. The van der Waals surface area contributed by atoms with Crippen molar-refractivity contribution >= 4 is 23.3 Å². The summed E-state index contributed by atoms with van der Waals surface area (Å²) >= 11 is 5.87. The van der Waals surface area contributed by atoms with Gasteiger partial charge in [0.25, 0.3) is 0 Å². The highest BCUT2D eigenvalue weighted by molar-refractivity contribution is 6.30. The molecule has 32 heavy (non-hydrogen) atoms. The highest BCUT2D eigenvalue weighted by atomic mass is 35.5. The number of nitrogens with one attached hydrogen (secondary N) is 2. The summed E-state index contributed by atoms with van der Waals surface area (Å²) in [6, 6.07) is 15.8. The van der Waals surface area contributed by atoms with Gasteiger partial charge < -0.3 is 15.7 Å². The van der Waals surface area contributed by atoms with Crippen LogP contribution in [0.4, 0.5) is 14.9 Å². The molecule has 0 spiro atoms. The van der Waals surface area contributed by atoms with Crippen molar-refractivity contribution in [1.29, 1.82) is 0 Å². The van der Waals surface area contributed by atoms with Crippen LogP contribution in [0.25, 0.3) is 0 Å². The summed E-state index contributed by atoms with van der Waals surface area (Å²) in [7, 11) is 0. The van der Waals surface area contributed by atoms with Gasteiger partial charge in [-0.3, -0.25) is 9.88 Å². The number of aliphatic hydroxyl groups excluding tert-OH is 1. The van der Waals surface area contributed by atoms with Gasteiger partial charge >= 0.3 is 6.03 Å². The van der Waals surface area contributed by atoms with Crippen LogP contribution >= 0.6 is 11.6 Å². The number of rotatable bonds is 6. The molecule has 3 N–H and O–H groups in total. The van der Waals surface area contributed by atoms with Gasteiger partial charge in [0.1, 0.15) is 12.0 Å². The molecule has 2 heterocycles. The molecule has 6 nitrogen and oxygen atoms in total. The number of pyridine rings is 1. The second-order valence-corrected chi connectivity index (χ2v) is 8.25. The number of amides is 2. The van der Waals surface area contributed by atoms with Gasteiger partial charge in [0.05, 0.1) is 6.20 Å². The van der Waals surface area contributed by atoms with E-state index in [0.29, 0.717) is 30.2 Å². The van der Waals surface area contributed by atoms with E-state index >= 15 is 0 Å². The third kappa shape index (κ3) is 5.62. The predicted octanol–water partition coefficient (Wildman–Crippen LogP) is 4.85. The molecule has 3 aromatic rings. The minimum absolute atomic E-state index is 0.0929. The molecular weight excluding hydrogens is 431 g/mol. The number of halogens is 2. The number of urea groups is 1. The molecule has 1 saturated heterocycles. The summed E-state index contributed by atoms with van der Waals surface area (Å²) in [5.41, 5.74) is 3.35. The Bertz CT molecular complexity index is 1060. The van der Waals surface area contributed by atoms with E-state index in [-0.39, 0.29) is 17.9 Å². The number of aromatic nitrogens is 1. The quantitative estimate of drug-likeness (QED) is 0.497. The Hall–Kier alpha value is -3.00. The summed E-state index contributed by atoms with van der Waals surface area (Å²) in [6.45, 7) is 0.898. The maximum atomic E-state index is 13.6. The van der Waals surface area contributed by atoms with E-state index in [2.05, 4.69) is 15.6 Å². The molecule has 2 unspecified atom stereocenters. The first-order valence-electron chi connectivity index (χ1n) is 10.4. The van der Waals surface area contributed by atoms with Gasteiger partial charge in [0, 0.05) is 36.0 Å². The molecule has 1 fully saturated rings. The molecule has 2 atom stereocenters. The molecule has 2 aromatic carbocycles. The van der Waals surface area contributed by atoms with Gasteiger partial charge in [0.2, 0.25) is 0 Å². The molecule has 8 heteroatoms. The van der Waals surface area contributed by atoms with Crippen LogP contribution in [0.1, 0.15) is 35.6 Å². The van der Waals surface area contributed by atoms with Crippen LogP contribution in [0.15, 0.2) is 67.0 Å². The molecule has 1 aromatic heterocycles. The summed E-state index contributed by atoms with van der Waals surface area (Å²) in [5.74, 6) is -0.381. The van der Waals surface area contributed by atoms with Crippen LogP contribution in [-0.2, 0) is 13.1 Å². The Morgan fingerprint density at radius 2 is 1.81 bits per heavy atom. The second kappa shape index (κ2) is 10.1. The lowest BCUT2D eigenvalue weighted by atomic mass is 10.1. The summed E-state index contributed by atoms with van der Waals surface area (Å²) in [4.78, 5) is 18.0. The predicted molar refractivity (Wildman–Crippen MR) is 121 cm³/mol. The van der Waals surface area contributed by atoms with Gasteiger partial charge in [-0.15, -0.1) is 0 Å². The molecule has 0 saturated carbocycles. The minimum atomic E-state index is -0.597. The Balaban J connectivity index is 1.33. The lowest BCUT2D eigenvalue weighted by molar-refractivity contribution is 0.0105. The van der Waals surface area contributed by atoms with Gasteiger partial charge in [-0.05, 0) is 59.9 Å². The molecular formula is C24H24ClFN4O2. The zero-order valence-corrected chi connectivity index (χ0v) is 18.1. The van der Waals surface area contributed by atoms with E-state index in [4.69, 9.17) is 11.6 Å². The SMILES string of the molecule is O=C(NCc1ccc(Cl)cc1)Nc1ccc(CN2C(O)CCC2c2cncc(F)c2)cc1. The number of benzene rings is 2. The Kier molecular flexibility index (Phi) is 6.99. The molecule has 166 valence electrons. The van der Waals surface area contributed by atoms with E-state index in [0.717, 1.165) is 23.1 Å². The van der Waals surface area contributed by atoms with Crippen molar-refractivity contribution in [2.75, 3.05) is 5.32 Å². The number of hydrogen-bond acceptors (Lipinski definition) is 4. The van der Waals surface area contributed by atoms with Crippen LogP contribution in [0.2, 0.25) is 5.02 Å². The largest absolute Gasteiger partial charge is 0.378 e. The average molecular weight is 455 g/mol. The monoisotopic (exact) mass is 454 g/mol. The third-order valence-electron chi connectivity index (χ3n) is 5.54. The smallest absolute Gasteiger partial charge is 0.319 e. The molecule has 0 bridgehead atoms. The van der Waals surface area contributed by atoms with E-state index in [1.54, 1.807) is 18.3 Å². The third-order valence-corrected chi connectivity index (χ3v) is 5.79. The lowest BCUT2D eigenvalue weighted by Gasteiger charge is -2.27. The van der Waals surface area contributed by atoms with Crippen LogP contribution < -0.4 is 10.6 Å². The molecule has 1 aliphatic rings. The van der Waals surface area contributed by atoms with Crippen LogP contribution in [-0.4, -0.2) is 27.2 Å². The van der Waals surface area contributed by atoms with Crippen molar-refractivity contribution < 1.29 is 14.3 Å². The Morgan fingerprint density at radius 3 is 2.53 bits per heavy atom. The van der Waals surface area contributed by atoms with E-state index in [1.807, 2.05) is 41.3 Å². The highest BCUT2D eigenvalue weighted by Gasteiger charge is 2.33. The Morgan fingerprint density at radius 1 is 1.09 bits per heavy atom. The average Bonchev–Trinajstić information content (AvgIpc) is 3.15. The summed E-state index contributed by atoms with van der Waals surface area (Å²) < 4.78 is 13.6. The second-order valence-electron chi connectivity index (χ2n) is 7.81. The van der Waals surface area contributed by atoms with Crippen LogP contribution in [0.3, 0.4) is 0 Å². The normalized spacial score (nSPS) is 18.5. The van der Waals surface area contributed by atoms with Gasteiger partial charge in [-0.2, -0.15) is 0 Å². The van der Waals surface area contributed by atoms with E-state index in [1.165, 1.54) is 12.3 Å². The number of aliphatic hydroxyl groups is 1. The van der Waals surface area contributed by atoms with Gasteiger partial charge in [0.15, 0.2) is 0 Å². The van der Waals surface area contributed by atoms with Gasteiger partial charge in [-0.25, -0.2) is 9.18 Å². The number of anilines is 1. The van der Waals surface area contributed by atoms with Gasteiger partial charge in [-0.1, -0.05) is 35.9 Å². The van der Waals surface area contributed by atoms with Crippen molar-refractivity contribution in [3.8, 4) is 0 Å². The van der Waals surface area contributed by atoms with Crippen LogP contribution in [0, 0.1) is 5.82 Å². The first kappa shape index (κ1) is 22.2. The topological polar surface area (TPSA) is 77.5 Å². The maximum absolute atomic E-state index is 13.6. The zero-order chi connectivity index (χ0) is 22.5. The molecule has 0 aliphatic carbocycles. The number of nitrogens with zero attached hydrogens (tertiary/aromatic N) is 2. The van der Waals surface area contributed by atoms with Crippen molar-refractivity contribution in [3.63, 3.8) is 0 Å². The first-order valence-corrected chi connectivity index (χ1v) is 10.8. The van der Waals surface area contributed by atoms with Crippen molar-refractivity contribution in [1.82, 2.24) is 15.2 Å². The number of hydrogen-bond donors (Lipinski definition) is 3. The summed E-state index contributed by atoms with van der Waals surface area (Å²) in [5, 5.41) is 16.7. The zero-order valence-electron chi connectivity index (χ0n) is 17.3. The number of carbonyl (C=O) groups is 1. The lowest BCUT2D eigenvalue weighted by Crippen LogP contribution is -2.31. The van der Waals surface area contributed by atoms with Crippen LogP contribution in [0.5, 0.6) is 0 Å². The minimum Gasteiger partial charge on any atom is -0.378 e. The van der Waals surface area contributed by atoms with E-state index in [9.17, 15) is 14.3 Å². The number of carbonyl (C=O) groups excluding carboxylic acids is 1. The van der Waals surface area contributed by atoms with E-state index < -0.39 is 6.23 Å². The fourth-order valence-corrected chi connectivity index (χ4v) is 4.02. The summed E-state index contributed by atoms with van der Waals surface area (Å²) in [6.07, 6.45) is 3.58. The van der Waals surface area contributed by atoms with Crippen molar-refractivity contribution in [3.05, 3.63) is 94.5 Å². The molecule has 1 aliphatic heterocycles. The molecule has 2 amide bonds. The van der Waals surface area contributed by atoms with Crippen molar-refractivity contribution in [2.45, 2.75) is 38.2 Å². The van der Waals surface area contributed by atoms with Crippen molar-refractivity contribution in [2.24, 2.45) is 0 Å². The standard InChI is InChI=1S/C24H24ClFN4O2/c25-19-5-1-16(2-6-19)12-28-24(32)29-21-7-3-17(4-8-21)15-30-22(9-10-23(30)31)18-11-20(26)14-27-13-18/h1-8,11,13-14,22-23,31H,9-10,12,15H2,(H2,28,29,32). The fraction of sp³-hybridized carbons (Fsp3) is 0.250. The fourth-order valence-electron chi connectivity index (χ4n) is 3.89. The molecule has 4 rings (SSSR count). The number of likely N-dealkylation sites (tertiary alicyclic amines) is 1. The Labute approximate surface area is 191 Å². The molecule has 0 radical (unpaired) electrons. The highest BCUT2D eigenvalue weighted by Crippen LogP contribution is 2.36. The first-order chi connectivity index (χ1) is 15.5.